The molecule has 0 saturated carbocycles. The molecule has 0 radical (unpaired) electrons. The highest BCUT2D eigenvalue weighted by Gasteiger charge is 2.23. The molecule has 2 atom stereocenters. The number of hydrogen-bond donors (Lipinski definition) is 5. The molecule has 190 valence electrons. The van der Waals surface area contributed by atoms with E-state index in [2.05, 4.69) is 40.9 Å². The lowest BCUT2D eigenvalue weighted by Gasteiger charge is -2.14. The summed E-state index contributed by atoms with van der Waals surface area (Å²) in [5.41, 5.74) is 1.09. The molecule has 4 heterocycles. The van der Waals surface area contributed by atoms with Crippen LogP contribution in [0, 0.1) is 6.92 Å². The highest BCUT2D eigenvalue weighted by atomic mass is 32.1. The van der Waals surface area contributed by atoms with Gasteiger partial charge >= 0.3 is 5.97 Å². The van der Waals surface area contributed by atoms with E-state index in [0.717, 1.165) is 36.1 Å². The van der Waals surface area contributed by atoms with E-state index in [0.29, 0.717) is 40.4 Å². The number of carboxylic acids is 1. The molecule has 5 N–H and O–H groups in total. The number of aryl methyl sites for hydroxylation is 2. The summed E-state index contributed by atoms with van der Waals surface area (Å²) in [6.45, 7) is 3.67. The van der Waals surface area contributed by atoms with E-state index in [1.54, 1.807) is 19.2 Å². The van der Waals surface area contributed by atoms with Gasteiger partial charge in [0.25, 0.3) is 11.5 Å². The predicted molar refractivity (Wildman–Crippen MR) is 133 cm³/mol. The third kappa shape index (κ3) is 5.85. The number of carbonyl (C=O) groups is 2. The number of amides is 1. The fraction of sp³-hybridized carbons (Fsp3) is 0.435. The molecule has 4 aromatic heterocycles. The van der Waals surface area contributed by atoms with Gasteiger partial charge < -0.3 is 20.4 Å². The third-order valence-electron chi connectivity index (χ3n) is 6.07. The lowest BCUT2D eigenvalue weighted by atomic mass is 10.0. The summed E-state index contributed by atoms with van der Waals surface area (Å²) in [4.78, 5) is 48.4. The highest BCUT2D eigenvalue weighted by Crippen LogP contribution is 2.32. The molecule has 0 fully saturated rings. The van der Waals surface area contributed by atoms with Crippen molar-refractivity contribution in [3.8, 4) is 0 Å². The topological polar surface area (TPSA) is 182 Å². The Kier molecular flexibility index (Phi) is 7.88. The van der Waals surface area contributed by atoms with Gasteiger partial charge in [-0.3, -0.25) is 9.59 Å². The van der Waals surface area contributed by atoms with Gasteiger partial charge in [0.2, 0.25) is 0 Å². The molecule has 0 aliphatic heterocycles. The standard InChI is InChI=1S/C23H28N8O4S/c1-12(14-11-24-20-19(14)22(33)26-13(2)25-20)16-9-10-17(36-16)21(32)27-15(23(34)35)7-5-3-4-6-8-18-28-30-31-29-18/h9-12,15H,3-8H2,1-2H3,(H,27,32)(H,34,35)(H2,24,25,26,33)(H,28,29,30,31). The van der Waals surface area contributed by atoms with Crippen molar-refractivity contribution in [1.82, 2.24) is 40.9 Å². The fourth-order valence-electron chi connectivity index (χ4n) is 4.14. The largest absolute Gasteiger partial charge is 0.480 e. The van der Waals surface area contributed by atoms with E-state index in [4.69, 9.17) is 0 Å². The Morgan fingerprint density at radius 3 is 2.75 bits per heavy atom. The molecular weight excluding hydrogens is 484 g/mol. The number of tetrazole rings is 1. The van der Waals surface area contributed by atoms with Crippen LogP contribution >= 0.6 is 11.3 Å². The fourth-order valence-corrected chi connectivity index (χ4v) is 5.12. The van der Waals surface area contributed by atoms with Gasteiger partial charge in [-0.05, 0) is 37.5 Å². The van der Waals surface area contributed by atoms with Crippen LogP contribution in [0.25, 0.3) is 11.0 Å². The van der Waals surface area contributed by atoms with E-state index in [9.17, 15) is 19.5 Å². The van der Waals surface area contributed by atoms with Crippen molar-refractivity contribution in [2.45, 2.75) is 64.3 Å². The first-order valence-electron chi connectivity index (χ1n) is 11.8. The Balaban J connectivity index is 1.33. The average molecular weight is 513 g/mol. The quantitative estimate of drug-likeness (QED) is 0.179. The first-order valence-corrected chi connectivity index (χ1v) is 12.6. The predicted octanol–water partition coefficient (Wildman–Crippen LogP) is 2.66. The van der Waals surface area contributed by atoms with Crippen LogP contribution in [0.3, 0.4) is 0 Å². The van der Waals surface area contributed by atoms with Gasteiger partial charge in [0.1, 0.15) is 17.5 Å². The van der Waals surface area contributed by atoms with E-state index in [-0.39, 0.29) is 11.5 Å². The molecule has 36 heavy (non-hydrogen) atoms. The number of hydrogen-bond acceptors (Lipinski definition) is 8. The number of unbranched alkanes of at least 4 members (excludes halogenated alkanes) is 3. The average Bonchev–Trinajstić information content (AvgIpc) is 3.60. The van der Waals surface area contributed by atoms with Crippen LogP contribution in [-0.4, -0.2) is 58.6 Å². The van der Waals surface area contributed by atoms with Crippen LogP contribution < -0.4 is 10.9 Å². The first-order chi connectivity index (χ1) is 17.3. The smallest absolute Gasteiger partial charge is 0.326 e. The second-order valence-corrected chi connectivity index (χ2v) is 9.80. The maximum atomic E-state index is 12.8. The first kappa shape index (κ1) is 25.2. The maximum Gasteiger partial charge on any atom is 0.326 e. The number of rotatable bonds is 12. The summed E-state index contributed by atoms with van der Waals surface area (Å²) in [6.07, 6.45) is 6.15. The number of nitrogens with one attached hydrogen (secondary N) is 4. The van der Waals surface area contributed by atoms with Gasteiger partial charge in [-0.2, -0.15) is 5.21 Å². The molecule has 0 aromatic carbocycles. The van der Waals surface area contributed by atoms with Gasteiger partial charge in [0, 0.05) is 23.4 Å². The minimum Gasteiger partial charge on any atom is -0.480 e. The summed E-state index contributed by atoms with van der Waals surface area (Å²) in [5, 5.41) is 26.5. The molecule has 2 unspecified atom stereocenters. The zero-order chi connectivity index (χ0) is 25.7. The molecule has 0 bridgehead atoms. The lowest BCUT2D eigenvalue weighted by Crippen LogP contribution is -2.40. The van der Waals surface area contributed by atoms with Crippen LogP contribution in [0.2, 0.25) is 0 Å². The normalized spacial score (nSPS) is 13.1. The SMILES string of the molecule is Cc1nc2[nH]cc(C(C)c3ccc(C(=O)NC(CCCCCCc4nn[nH]n4)C(=O)O)s3)c2c(=O)[nH]1. The molecule has 13 heteroatoms. The van der Waals surface area contributed by atoms with Gasteiger partial charge in [0.15, 0.2) is 5.82 Å². The van der Waals surface area contributed by atoms with E-state index in [1.165, 1.54) is 11.3 Å². The monoisotopic (exact) mass is 512 g/mol. The summed E-state index contributed by atoms with van der Waals surface area (Å²) in [7, 11) is 0. The molecule has 0 saturated heterocycles. The molecule has 4 rings (SSSR count). The lowest BCUT2D eigenvalue weighted by molar-refractivity contribution is -0.139. The summed E-state index contributed by atoms with van der Waals surface area (Å²) < 4.78 is 0. The number of H-pyrrole nitrogens is 3. The van der Waals surface area contributed by atoms with Crippen molar-refractivity contribution in [2.75, 3.05) is 0 Å². The number of aliphatic carboxylic acids is 1. The second kappa shape index (κ2) is 11.2. The van der Waals surface area contributed by atoms with Gasteiger partial charge in [0.05, 0.1) is 10.3 Å². The summed E-state index contributed by atoms with van der Waals surface area (Å²) in [5.74, 6) is -0.434. The maximum absolute atomic E-state index is 12.8. The Bertz CT molecular complexity index is 1390. The van der Waals surface area contributed by atoms with Crippen LogP contribution in [0.1, 0.15) is 76.7 Å². The van der Waals surface area contributed by atoms with Crippen LogP contribution in [0.15, 0.2) is 23.1 Å². The minimum absolute atomic E-state index is 0.154. The number of fused-ring (bicyclic) bond motifs is 1. The second-order valence-electron chi connectivity index (χ2n) is 8.69. The molecule has 0 aliphatic carbocycles. The van der Waals surface area contributed by atoms with Crippen LogP contribution in [0.5, 0.6) is 0 Å². The van der Waals surface area contributed by atoms with Crippen molar-refractivity contribution < 1.29 is 14.7 Å². The van der Waals surface area contributed by atoms with Crippen LogP contribution in [-0.2, 0) is 11.2 Å². The van der Waals surface area contributed by atoms with E-state index < -0.39 is 17.9 Å². The Labute approximate surface area is 209 Å². The zero-order valence-electron chi connectivity index (χ0n) is 20.0. The highest BCUT2D eigenvalue weighted by molar-refractivity contribution is 7.14. The number of aromatic amines is 3. The molecule has 1 amide bonds. The van der Waals surface area contributed by atoms with Crippen molar-refractivity contribution >= 4 is 34.2 Å². The van der Waals surface area contributed by atoms with Crippen molar-refractivity contribution in [3.05, 3.63) is 55.6 Å². The van der Waals surface area contributed by atoms with Gasteiger partial charge in [-0.1, -0.05) is 31.4 Å². The summed E-state index contributed by atoms with van der Waals surface area (Å²) in [6, 6.07) is 2.56. The number of aromatic nitrogens is 7. The Hall–Kier alpha value is -3.87. The van der Waals surface area contributed by atoms with Crippen LogP contribution in [0.4, 0.5) is 0 Å². The number of carbonyl (C=O) groups excluding carboxylic acids is 1. The Morgan fingerprint density at radius 1 is 1.19 bits per heavy atom. The minimum atomic E-state index is -1.05. The zero-order valence-corrected chi connectivity index (χ0v) is 20.8. The van der Waals surface area contributed by atoms with E-state index >= 15 is 0 Å². The third-order valence-corrected chi connectivity index (χ3v) is 7.34. The molecule has 0 aliphatic rings. The molecule has 0 spiro atoms. The number of thiophene rings is 1. The molecule has 12 nitrogen and oxygen atoms in total. The van der Waals surface area contributed by atoms with Gasteiger partial charge in [-0.25, -0.2) is 9.78 Å². The number of nitrogens with zero attached hydrogens (tertiary/aromatic N) is 4. The Morgan fingerprint density at radius 2 is 2.00 bits per heavy atom. The van der Waals surface area contributed by atoms with E-state index in [1.807, 2.05) is 13.0 Å². The molecular formula is C23H28N8O4S. The molecule has 4 aromatic rings. The summed E-state index contributed by atoms with van der Waals surface area (Å²) >= 11 is 1.28. The van der Waals surface area contributed by atoms with Crippen molar-refractivity contribution in [3.63, 3.8) is 0 Å². The van der Waals surface area contributed by atoms with Crippen molar-refractivity contribution in [2.24, 2.45) is 0 Å². The number of carboxylic acid groups (broad SMARTS) is 1. The van der Waals surface area contributed by atoms with Crippen molar-refractivity contribution in [1.29, 1.82) is 0 Å². The van der Waals surface area contributed by atoms with Gasteiger partial charge in [-0.15, -0.1) is 21.5 Å².